The van der Waals surface area contributed by atoms with Gasteiger partial charge >= 0.3 is 5.97 Å². The SMILES string of the molecule is O=C(O)c1cc2c(=O)ncn(CC3CCO3)c2s1. The van der Waals surface area contributed by atoms with Gasteiger partial charge in [0.1, 0.15) is 9.71 Å². The van der Waals surface area contributed by atoms with Crippen molar-refractivity contribution in [1.29, 1.82) is 0 Å². The number of nitrogens with zero attached hydrogens (tertiary/aromatic N) is 2. The first-order chi connectivity index (χ1) is 8.65. The molecule has 6 nitrogen and oxygen atoms in total. The molecule has 0 aliphatic carbocycles. The van der Waals surface area contributed by atoms with E-state index in [0.717, 1.165) is 24.4 Å². The Bertz CT molecular complexity index is 671. The summed E-state index contributed by atoms with van der Waals surface area (Å²) in [5.41, 5.74) is -0.389. The standard InChI is InChI=1S/C11H10N2O4S/c14-9-7-3-8(11(15)16)18-10(7)13(5-12-9)4-6-1-2-17-6/h3,5-6H,1-2,4H2,(H,15,16). The average Bonchev–Trinajstić information content (AvgIpc) is 2.71. The maximum absolute atomic E-state index is 11.6. The minimum atomic E-state index is -1.03. The van der Waals surface area contributed by atoms with Crippen LogP contribution in [0.2, 0.25) is 0 Å². The van der Waals surface area contributed by atoms with Gasteiger partial charge in [0.2, 0.25) is 0 Å². The number of carboxylic acid groups (broad SMARTS) is 1. The smallest absolute Gasteiger partial charge is 0.345 e. The van der Waals surface area contributed by atoms with Crippen LogP contribution >= 0.6 is 11.3 Å². The topological polar surface area (TPSA) is 81.4 Å². The van der Waals surface area contributed by atoms with Crippen LogP contribution in [0, 0.1) is 0 Å². The van der Waals surface area contributed by atoms with Crippen LogP contribution in [0.3, 0.4) is 0 Å². The van der Waals surface area contributed by atoms with Gasteiger partial charge in [-0.3, -0.25) is 4.79 Å². The molecule has 1 fully saturated rings. The second-order valence-corrected chi connectivity index (χ2v) is 5.15. The maximum Gasteiger partial charge on any atom is 0.345 e. The molecule has 1 atom stereocenters. The zero-order valence-corrected chi connectivity index (χ0v) is 10.1. The molecule has 2 aromatic heterocycles. The molecule has 18 heavy (non-hydrogen) atoms. The lowest BCUT2D eigenvalue weighted by Crippen LogP contribution is -2.31. The first-order valence-electron chi connectivity index (χ1n) is 5.49. The summed E-state index contributed by atoms with van der Waals surface area (Å²) in [7, 11) is 0. The Morgan fingerprint density at radius 3 is 3.06 bits per heavy atom. The predicted octanol–water partition coefficient (Wildman–Crippen LogP) is 0.945. The van der Waals surface area contributed by atoms with E-state index in [1.165, 1.54) is 12.4 Å². The fraction of sp³-hybridized carbons (Fsp3) is 0.364. The molecule has 0 radical (unpaired) electrons. The zero-order valence-electron chi connectivity index (χ0n) is 9.33. The fourth-order valence-electron chi connectivity index (χ4n) is 1.88. The second-order valence-electron chi connectivity index (χ2n) is 4.12. The number of hydrogen-bond acceptors (Lipinski definition) is 5. The minimum Gasteiger partial charge on any atom is -0.477 e. The Kier molecular flexibility index (Phi) is 2.64. The Balaban J connectivity index is 2.10. The summed E-state index contributed by atoms with van der Waals surface area (Å²) in [4.78, 5) is 27.1. The number of carbonyl (C=O) groups is 1. The van der Waals surface area contributed by atoms with Crippen molar-refractivity contribution >= 4 is 27.5 Å². The lowest BCUT2D eigenvalue weighted by Gasteiger charge is -2.27. The molecule has 1 unspecified atom stereocenters. The summed E-state index contributed by atoms with van der Waals surface area (Å²) < 4.78 is 7.12. The van der Waals surface area contributed by atoms with Gasteiger partial charge in [0.25, 0.3) is 5.56 Å². The molecule has 0 aromatic carbocycles. The van der Waals surface area contributed by atoms with Gasteiger partial charge in [0.05, 0.1) is 24.4 Å². The van der Waals surface area contributed by atoms with Crippen molar-refractivity contribution in [3.63, 3.8) is 0 Å². The predicted molar refractivity (Wildman–Crippen MR) is 65.2 cm³/mol. The van der Waals surface area contributed by atoms with Crippen molar-refractivity contribution < 1.29 is 14.6 Å². The van der Waals surface area contributed by atoms with Crippen molar-refractivity contribution in [3.05, 3.63) is 27.6 Å². The number of ether oxygens (including phenoxy) is 1. The minimum absolute atomic E-state index is 0.132. The highest BCUT2D eigenvalue weighted by atomic mass is 32.1. The number of aromatic nitrogens is 2. The van der Waals surface area contributed by atoms with Crippen LogP contribution in [-0.4, -0.2) is 33.3 Å². The molecule has 0 bridgehead atoms. The third-order valence-corrected chi connectivity index (χ3v) is 4.08. The van der Waals surface area contributed by atoms with Gasteiger partial charge in [-0.2, -0.15) is 4.98 Å². The molecule has 1 saturated heterocycles. The van der Waals surface area contributed by atoms with Crippen molar-refractivity contribution in [2.45, 2.75) is 19.1 Å². The highest BCUT2D eigenvalue weighted by Gasteiger charge is 2.20. The number of carboxylic acids is 1. The van der Waals surface area contributed by atoms with E-state index in [1.807, 2.05) is 0 Å². The molecule has 0 saturated carbocycles. The monoisotopic (exact) mass is 266 g/mol. The summed E-state index contributed by atoms with van der Waals surface area (Å²) >= 11 is 1.09. The van der Waals surface area contributed by atoms with Gasteiger partial charge in [-0.15, -0.1) is 11.3 Å². The summed E-state index contributed by atoms with van der Waals surface area (Å²) in [5, 5.41) is 9.32. The quantitative estimate of drug-likeness (QED) is 0.894. The van der Waals surface area contributed by atoms with Crippen molar-refractivity contribution in [3.8, 4) is 0 Å². The van der Waals surface area contributed by atoms with E-state index in [4.69, 9.17) is 9.84 Å². The van der Waals surface area contributed by atoms with Crippen LogP contribution < -0.4 is 5.56 Å². The van der Waals surface area contributed by atoms with E-state index in [-0.39, 0.29) is 16.5 Å². The van der Waals surface area contributed by atoms with Crippen molar-refractivity contribution in [2.24, 2.45) is 0 Å². The molecule has 3 rings (SSSR count). The fourth-order valence-corrected chi connectivity index (χ4v) is 2.84. The summed E-state index contributed by atoms with van der Waals surface area (Å²) in [6.07, 6.45) is 2.56. The van der Waals surface area contributed by atoms with Crippen molar-refractivity contribution in [1.82, 2.24) is 9.55 Å². The second kappa shape index (κ2) is 4.18. The molecule has 1 aliphatic heterocycles. The molecule has 0 spiro atoms. The van der Waals surface area contributed by atoms with E-state index < -0.39 is 5.97 Å². The van der Waals surface area contributed by atoms with Crippen LogP contribution in [0.5, 0.6) is 0 Å². The number of aromatic carboxylic acids is 1. The Morgan fingerprint density at radius 2 is 2.44 bits per heavy atom. The van der Waals surface area contributed by atoms with Crippen LogP contribution in [0.15, 0.2) is 17.2 Å². The van der Waals surface area contributed by atoms with Gasteiger partial charge in [-0.25, -0.2) is 4.79 Å². The van der Waals surface area contributed by atoms with Crippen LogP contribution in [0.25, 0.3) is 10.2 Å². The first kappa shape index (κ1) is 11.4. The largest absolute Gasteiger partial charge is 0.477 e. The Labute approximate surface area is 105 Å². The van der Waals surface area contributed by atoms with Crippen LogP contribution in [-0.2, 0) is 11.3 Å². The molecule has 3 heterocycles. The zero-order chi connectivity index (χ0) is 12.7. The number of fused-ring (bicyclic) bond motifs is 1. The first-order valence-corrected chi connectivity index (χ1v) is 6.30. The average molecular weight is 266 g/mol. The summed E-state index contributed by atoms with van der Waals surface area (Å²) in [6, 6.07) is 1.38. The molecule has 0 amide bonds. The van der Waals surface area contributed by atoms with E-state index in [1.54, 1.807) is 4.57 Å². The summed E-state index contributed by atoms with van der Waals surface area (Å²) in [6.45, 7) is 1.36. The third-order valence-electron chi connectivity index (χ3n) is 2.92. The lowest BCUT2D eigenvalue weighted by atomic mass is 10.2. The molecule has 94 valence electrons. The number of thiophene rings is 1. The van der Waals surface area contributed by atoms with E-state index in [0.29, 0.717) is 16.8 Å². The van der Waals surface area contributed by atoms with Crippen LogP contribution in [0.4, 0.5) is 0 Å². The van der Waals surface area contributed by atoms with E-state index in [9.17, 15) is 9.59 Å². The molecule has 2 aromatic rings. The third kappa shape index (κ3) is 1.81. The Hall–Kier alpha value is -1.73. The maximum atomic E-state index is 11.6. The van der Waals surface area contributed by atoms with Gasteiger partial charge in [-0.05, 0) is 12.5 Å². The molecule has 1 aliphatic rings. The molecular weight excluding hydrogens is 256 g/mol. The number of hydrogen-bond donors (Lipinski definition) is 1. The number of rotatable bonds is 3. The highest BCUT2D eigenvalue weighted by Crippen LogP contribution is 2.24. The van der Waals surface area contributed by atoms with E-state index >= 15 is 0 Å². The van der Waals surface area contributed by atoms with E-state index in [2.05, 4.69) is 4.98 Å². The van der Waals surface area contributed by atoms with Gasteiger partial charge < -0.3 is 14.4 Å². The summed E-state index contributed by atoms with van der Waals surface area (Å²) in [5.74, 6) is -1.03. The van der Waals surface area contributed by atoms with Crippen LogP contribution in [0.1, 0.15) is 16.1 Å². The lowest BCUT2D eigenvalue weighted by molar-refractivity contribution is -0.0587. The molecular formula is C11H10N2O4S. The van der Waals surface area contributed by atoms with Gasteiger partial charge in [0, 0.05) is 6.61 Å². The van der Waals surface area contributed by atoms with Gasteiger partial charge in [-0.1, -0.05) is 0 Å². The highest BCUT2D eigenvalue weighted by molar-refractivity contribution is 7.20. The van der Waals surface area contributed by atoms with Crippen molar-refractivity contribution in [2.75, 3.05) is 6.61 Å². The normalized spacial score (nSPS) is 18.8. The van der Waals surface area contributed by atoms with Gasteiger partial charge in [0.15, 0.2) is 0 Å². The molecule has 1 N–H and O–H groups in total. The molecule has 7 heteroatoms. The Morgan fingerprint density at radius 1 is 1.67 bits per heavy atom.